The molecule has 282 valence electrons. The van der Waals surface area contributed by atoms with Gasteiger partial charge in [-0.2, -0.15) is 0 Å². The molecule has 7 heterocycles. The van der Waals surface area contributed by atoms with Crippen LogP contribution in [-0.2, 0) is 50.8 Å². The monoisotopic (exact) mass is 774 g/mol. The van der Waals surface area contributed by atoms with Crippen LogP contribution in [0.4, 0.5) is 16.0 Å². The van der Waals surface area contributed by atoms with Crippen LogP contribution in [0.2, 0.25) is 0 Å². The van der Waals surface area contributed by atoms with Crippen LogP contribution in [0.15, 0.2) is 25.3 Å². The van der Waals surface area contributed by atoms with Crippen molar-refractivity contribution in [2.75, 3.05) is 31.5 Å². The Bertz CT molecular complexity index is 2080. The van der Waals surface area contributed by atoms with Gasteiger partial charge in [-0.3, -0.25) is 32.0 Å². The van der Waals surface area contributed by atoms with E-state index in [0.717, 1.165) is 23.5 Å². The van der Waals surface area contributed by atoms with E-state index in [0.29, 0.717) is 0 Å². The number of carbonyl (C=O) groups is 1. The number of carbonyl (C=O) groups excluding carboxylic acids is 1. The quantitative estimate of drug-likeness (QED) is 0.124. The molecule has 0 spiro atoms. The number of esters is 1. The molecule has 7 rings (SSSR count). The number of imidazole rings is 2. The second-order valence-corrected chi connectivity index (χ2v) is 15.8. The van der Waals surface area contributed by atoms with Gasteiger partial charge < -0.3 is 35.7 Å². The van der Waals surface area contributed by atoms with Crippen molar-refractivity contribution in [2.24, 2.45) is 5.41 Å². The fourth-order valence-corrected chi connectivity index (χ4v) is 7.80. The van der Waals surface area contributed by atoms with Crippen molar-refractivity contribution in [1.82, 2.24) is 39.0 Å². The molecule has 4 aromatic heterocycles. The number of nitrogens with zero attached hydrogens (tertiary/aromatic N) is 8. The van der Waals surface area contributed by atoms with E-state index in [1.807, 2.05) is 0 Å². The van der Waals surface area contributed by atoms with Crippen molar-refractivity contribution in [3.63, 3.8) is 0 Å². The Labute approximate surface area is 291 Å². The smallest absolute Gasteiger partial charge is 0.437 e. The summed E-state index contributed by atoms with van der Waals surface area (Å²) in [6, 6.07) is 0. The van der Waals surface area contributed by atoms with Crippen molar-refractivity contribution >= 4 is 55.6 Å². The molecule has 4 aromatic rings. The van der Waals surface area contributed by atoms with Crippen LogP contribution < -0.4 is 11.5 Å². The number of ether oxygens (including phenoxy) is 3. The molecule has 23 nitrogen and oxygen atoms in total. The highest BCUT2D eigenvalue weighted by Crippen LogP contribution is 2.56. The first-order valence-corrected chi connectivity index (χ1v) is 18.4. The van der Waals surface area contributed by atoms with Gasteiger partial charge in [-0.05, 0) is 20.8 Å². The fraction of sp³-hybridized carbons (Fsp3) is 0.577. The van der Waals surface area contributed by atoms with Crippen LogP contribution in [0, 0.1) is 5.41 Å². The highest BCUT2D eigenvalue weighted by atomic mass is 31.2. The molecule has 3 fully saturated rings. The number of nitrogen functional groups attached to an aromatic ring is 2. The van der Waals surface area contributed by atoms with Crippen LogP contribution >= 0.6 is 15.6 Å². The molecule has 0 aliphatic carbocycles. The van der Waals surface area contributed by atoms with Crippen LogP contribution in [0.25, 0.3) is 22.3 Å². The standard InChI is InChI=1S/C26H33FN10O13P2/c1-26(2,3)25(39)43-10-46-52(42)45-5-12-17(13(27)23(48-12)36-8-34-14-19(28)30-6-32-21(14)36)49-51(40,41)44-4-11-16(38)18(50-52)24(47-11)37-9-35-15-20(29)31-7-33-22(15)37/h6-9,11-13,16-18,23-24,38H,4-5,10H2,1-3H3,(H,40,41)(H2,28,30,32)(H2,29,31,33). The Kier molecular flexibility index (Phi) is 9.53. The first-order valence-electron chi connectivity index (χ1n) is 15.4. The molecule has 52 heavy (non-hydrogen) atoms. The number of aromatic nitrogens is 8. The zero-order valence-corrected chi connectivity index (χ0v) is 29.2. The first kappa shape index (κ1) is 36.6. The normalized spacial score (nSPS) is 34.4. The number of aliphatic hydroxyl groups is 1. The predicted octanol–water partition coefficient (Wildman–Crippen LogP) is 0.914. The van der Waals surface area contributed by atoms with E-state index in [2.05, 4.69) is 29.9 Å². The molecule has 26 heteroatoms. The van der Waals surface area contributed by atoms with Gasteiger partial charge in [-0.25, -0.2) is 47.9 Å². The fourth-order valence-electron chi connectivity index (χ4n) is 5.61. The third-order valence-corrected chi connectivity index (χ3v) is 10.6. The topological polar surface area (TPSA) is 305 Å². The van der Waals surface area contributed by atoms with Crippen molar-refractivity contribution in [2.45, 2.75) is 69.9 Å². The molecule has 0 amide bonds. The summed E-state index contributed by atoms with van der Waals surface area (Å²) in [6.45, 7) is 2.04. The van der Waals surface area contributed by atoms with Gasteiger partial charge in [0.05, 0.1) is 31.3 Å². The van der Waals surface area contributed by atoms with Gasteiger partial charge in [-0.15, -0.1) is 0 Å². The Balaban J connectivity index is 1.23. The summed E-state index contributed by atoms with van der Waals surface area (Å²) in [5.41, 5.74) is 11.2. The van der Waals surface area contributed by atoms with Crippen LogP contribution in [0.3, 0.4) is 0 Å². The highest BCUT2D eigenvalue weighted by molar-refractivity contribution is 7.48. The SMILES string of the molecule is CC(C)(C)C(=O)OCOP1(=O)OCC2OC(n3cnc4c(N)ncnc43)C(F)C2OP(=O)(O)OCC2OC(n3cnc4c(N)ncnc43)C(O1)C2O. The summed E-state index contributed by atoms with van der Waals surface area (Å²) in [6.07, 6.45) is -9.04. The van der Waals surface area contributed by atoms with Gasteiger partial charge in [0.25, 0.3) is 0 Å². The molecule has 0 radical (unpaired) electrons. The number of halogens is 1. The number of anilines is 2. The van der Waals surface area contributed by atoms with Crippen LogP contribution in [0.5, 0.6) is 0 Å². The minimum atomic E-state index is -5.17. The lowest BCUT2D eigenvalue weighted by molar-refractivity contribution is -0.161. The number of rotatable bonds is 5. The number of alkyl halides is 1. The molecule has 0 saturated carbocycles. The Morgan fingerprint density at radius 3 is 2.10 bits per heavy atom. The summed E-state index contributed by atoms with van der Waals surface area (Å²) >= 11 is 0. The lowest BCUT2D eigenvalue weighted by atomic mass is 9.98. The van der Waals surface area contributed by atoms with E-state index in [-0.39, 0.29) is 34.0 Å². The Hall–Kier alpha value is -3.80. The first-order chi connectivity index (χ1) is 24.6. The molecule has 3 aliphatic rings. The van der Waals surface area contributed by atoms with E-state index in [4.69, 9.17) is 48.3 Å². The van der Waals surface area contributed by atoms with Gasteiger partial charge in [0.2, 0.25) is 6.79 Å². The summed E-state index contributed by atoms with van der Waals surface area (Å²) in [7, 11) is -10.2. The van der Waals surface area contributed by atoms with Crippen LogP contribution in [0.1, 0.15) is 33.2 Å². The minimum absolute atomic E-state index is 0.00750. The summed E-state index contributed by atoms with van der Waals surface area (Å²) in [5.74, 6) is -0.738. The van der Waals surface area contributed by atoms with E-state index >= 15 is 4.39 Å². The lowest BCUT2D eigenvalue weighted by Crippen LogP contribution is -2.36. The van der Waals surface area contributed by atoms with Crippen molar-refractivity contribution in [1.29, 1.82) is 0 Å². The summed E-state index contributed by atoms with van der Waals surface area (Å²) in [5, 5.41) is 11.4. The van der Waals surface area contributed by atoms with Gasteiger partial charge in [0.1, 0.15) is 54.2 Å². The molecular weight excluding hydrogens is 741 g/mol. The molecule has 3 aliphatic heterocycles. The molecular formula is C26H33FN10O13P2. The molecule has 2 bridgehead atoms. The highest BCUT2D eigenvalue weighted by Gasteiger charge is 2.55. The van der Waals surface area contributed by atoms with Gasteiger partial charge in [-0.1, -0.05) is 0 Å². The second-order valence-electron chi connectivity index (χ2n) is 12.8. The number of fused-ring (bicyclic) bond motifs is 5. The number of nitrogens with two attached hydrogens (primary N) is 2. The molecule has 0 aromatic carbocycles. The lowest BCUT2D eigenvalue weighted by Gasteiger charge is -2.27. The van der Waals surface area contributed by atoms with Crippen molar-refractivity contribution in [3.05, 3.63) is 25.3 Å². The number of aliphatic hydroxyl groups excluding tert-OH is 1. The average molecular weight is 775 g/mol. The molecule has 10 atom stereocenters. The molecule has 6 N–H and O–H groups in total. The Morgan fingerprint density at radius 2 is 1.48 bits per heavy atom. The van der Waals surface area contributed by atoms with Crippen molar-refractivity contribution in [3.8, 4) is 0 Å². The third kappa shape index (κ3) is 6.87. The predicted molar refractivity (Wildman–Crippen MR) is 169 cm³/mol. The van der Waals surface area contributed by atoms with Gasteiger partial charge >= 0.3 is 21.6 Å². The van der Waals surface area contributed by atoms with Crippen molar-refractivity contribution < 1.29 is 65.1 Å². The van der Waals surface area contributed by atoms with E-state index in [1.54, 1.807) is 20.8 Å². The maximum atomic E-state index is 16.2. The zero-order valence-electron chi connectivity index (χ0n) is 27.4. The number of phosphoric acid groups is 2. The largest absolute Gasteiger partial charge is 0.478 e. The van der Waals surface area contributed by atoms with Gasteiger partial charge in [0.15, 0.2) is 41.6 Å². The number of phosphoric ester groups is 2. The maximum absolute atomic E-state index is 16.2. The molecule has 3 saturated heterocycles. The second kappa shape index (κ2) is 13.6. The third-order valence-electron chi connectivity index (χ3n) is 8.22. The van der Waals surface area contributed by atoms with Gasteiger partial charge in [0, 0.05) is 0 Å². The summed E-state index contributed by atoms with van der Waals surface area (Å²) in [4.78, 5) is 47.4. The minimum Gasteiger partial charge on any atom is -0.437 e. The van der Waals surface area contributed by atoms with E-state index in [9.17, 15) is 23.9 Å². The van der Waals surface area contributed by atoms with E-state index in [1.165, 1.54) is 10.9 Å². The Morgan fingerprint density at radius 1 is 0.904 bits per heavy atom. The maximum Gasteiger partial charge on any atom is 0.478 e. The average Bonchev–Trinajstić information content (AvgIpc) is 3.84. The number of hydrogen-bond acceptors (Lipinski definition) is 20. The van der Waals surface area contributed by atoms with E-state index < -0.39 is 96.2 Å². The molecule has 10 unspecified atom stereocenters. The number of hydrogen-bond donors (Lipinski definition) is 4. The zero-order chi connectivity index (χ0) is 37.2. The van der Waals surface area contributed by atoms with Crippen LogP contribution in [-0.4, -0.2) is 112 Å². The summed E-state index contributed by atoms with van der Waals surface area (Å²) < 4.78 is 90.6.